The SMILES string of the molecule is CCOc1cccc(CCl)c1OCc1cccnc1C#N. The molecule has 0 N–H and O–H groups in total. The van der Waals surface area contributed by atoms with E-state index in [9.17, 15) is 0 Å². The molecule has 2 rings (SSSR count). The summed E-state index contributed by atoms with van der Waals surface area (Å²) in [6.45, 7) is 2.69. The lowest BCUT2D eigenvalue weighted by molar-refractivity contribution is 0.267. The van der Waals surface area contributed by atoms with Crippen LogP contribution in [0.2, 0.25) is 0 Å². The third kappa shape index (κ3) is 3.65. The van der Waals surface area contributed by atoms with Gasteiger partial charge in [0.2, 0.25) is 0 Å². The van der Waals surface area contributed by atoms with Gasteiger partial charge in [-0.1, -0.05) is 18.2 Å². The summed E-state index contributed by atoms with van der Waals surface area (Å²) in [6.07, 6.45) is 1.58. The molecule has 5 heteroatoms. The number of hydrogen-bond acceptors (Lipinski definition) is 4. The van der Waals surface area contributed by atoms with Gasteiger partial charge >= 0.3 is 0 Å². The lowest BCUT2D eigenvalue weighted by Gasteiger charge is -2.15. The monoisotopic (exact) mass is 302 g/mol. The smallest absolute Gasteiger partial charge is 0.166 e. The quantitative estimate of drug-likeness (QED) is 0.764. The number of para-hydroxylation sites is 1. The number of benzene rings is 1. The predicted octanol–water partition coefficient (Wildman–Crippen LogP) is 3.67. The Kier molecular flexibility index (Phi) is 5.42. The molecule has 0 unspecified atom stereocenters. The molecule has 0 aliphatic carbocycles. The molecule has 0 fully saturated rings. The minimum absolute atomic E-state index is 0.241. The fourth-order valence-corrected chi connectivity index (χ4v) is 2.12. The van der Waals surface area contributed by atoms with Crippen LogP contribution in [-0.2, 0) is 12.5 Å². The summed E-state index contributed by atoms with van der Waals surface area (Å²) >= 11 is 5.94. The molecule has 2 aromatic rings. The van der Waals surface area contributed by atoms with E-state index >= 15 is 0 Å². The van der Waals surface area contributed by atoms with E-state index in [0.29, 0.717) is 29.7 Å². The van der Waals surface area contributed by atoms with Crippen molar-refractivity contribution in [3.63, 3.8) is 0 Å². The zero-order valence-electron chi connectivity index (χ0n) is 11.7. The second kappa shape index (κ2) is 7.51. The van der Waals surface area contributed by atoms with Crippen LogP contribution in [-0.4, -0.2) is 11.6 Å². The van der Waals surface area contributed by atoms with Crippen LogP contribution in [0.15, 0.2) is 36.5 Å². The van der Waals surface area contributed by atoms with Crippen molar-refractivity contribution in [2.24, 2.45) is 0 Å². The number of pyridine rings is 1. The maximum Gasteiger partial charge on any atom is 0.166 e. The second-order valence-corrected chi connectivity index (χ2v) is 4.49. The van der Waals surface area contributed by atoms with Crippen LogP contribution < -0.4 is 9.47 Å². The van der Waals surface area contributed by atoms with Crippen molar-refractivity contribution in [2.45, 2.75) is 19.4 Å². The summed E-state index contributed by atoms with van der Waals surface area (Å²) in [6, 6.07) is 11.2. The molecule has 0 radical (unpaired) electrons. The molecule has 21 heavy (non-hydrogen) atoms. The molecular formula is C16H15ClN2O2. The number of aromatic nitrogens is 1. The number of alkyl halides is 1. The number of hydrogen-bond donors (Lipinski definition) is 0. The lowest BCUT2D eigenvalue weighted by Crippen LogP contribution is -2.04. The molecule has 1 aromatic heterocycles. The highest BCUT2D eigenvalue weighted by Gasteiger charge is 2.12. The van der Waals surface area contributed by atoms with Gasteiger partial charge in [0.05, 0.1) is 12.5 Å². The average molecular weight is 303 g/mol. The fourth-order valence-electron chi connectivity index (χ4n) is 1.91. The molecule has 0 amide bonds. The van der Waals surface area contributed by atoms with Crippen LogP contribution in [0.4, 0.5) is 0 Å². The van der Waals surface area contributed by atoms with E-state index in [0.717, 1.165) is 11.1 Å². The molecule has 0 saturated carbocycles. The zero-order valence-corrected chi connectivity index (χ0v) is 12.4. The van der Waals surface area contributed by atoms with Crippen LogP contribution in [0.25, 0.3) is 0 Å². The maximum atomic E-state index is 9.04. The second-order valence-electron chi connectivity index (χ2n) is 4.22. The Balaban J connectivity index is 2.25. The van der Waals surface area contributed by atoms with Gasteiger partial charge in [0.25, 0.3) is 0 Å². The van der Waals surface area contributed by atoms with Gasteiger partial charge < -0.3 is 9.47 Å². The van der Waals surface area contributed by atoms with Crippen molar-refractivity contribution in [1.29, 1.82) is 5.26 Å². The van der Waals surface area contributed by atoms with Gasteiger partial charge in [-0.25, -0.2) is 4.98 Å². The van der Waals surface area contributed by atoms with E-state index in [1.54, 1.807) is 12.3 Å². The minimum Gasteiger partial charge on any atom is -0.490 e. The number of rotatable bonds is 6. The third-order valence-electron chi connectivity index (χ3n) is 2.87. The summed E-state index contributed by atoms with van der Waals surface area (Å²) < 4.78 is 11.4. The molecule has 108 valence electrons. The number of halogens is 1. The van der Waals surface area contributed by atoms with Gasteiger partial charge in [0.1, 0.15) is 18.4 Å². The van der Waals surface area contributed by atoms with E-state index in [2.05, 4.69) is 11.1 Å². The van der Waals surface area contributed by atoms with Crippen molar-refractivity contribution in [3.05, 3.63) is 53.3 Å². The summed E-state index contributed by atoms with van der Waals surface area (Å²) in [4.78, 5) is 4.01. The first kappa shape index (κ1) is 15.1. The summed E-state index contributed by atoms with van der Waals surface area (Å²) in [7, 11) is 0. The molecule has 1 aromatic carbocycles. The maximum absolute atomic E-state index is 9.04. The first-order valence-electron chi connectivity index (χ1n) is 6.57. The Morgan fingerprint density at radius 1 is 1.19 bits per heavy atom. The molecule has 0 spiro atoms. The molecule has 0 bridgehead atoms. The molecular weight excluding hydrogens is 288 g/mol. The van der Waals surface area contributed by atoms with E-state index in [1.165, 1.54) is 0 Å². The fraction of sp³-hybridized carbons (Fsp3) is 0.250. The van der Waals surface area contributed by atoms with Gasteiger partial charge in [0, 0.05) is 17.3 Å². The Morgan fingerprint density at radius 2 is 2.00 bits per heavy atom. The van der Waals surface area contributed by atoms with Crippen molar-refractivity contribution >= 4 is 11.6 Å². The Bertz CT molecular complexity index is 653. The normalized spacial score (nSPS) is 9.95. The molecule has 0 aliphatic rings. The van der Waals surface area contributed by atoms with Crippen LogP contribution in [0.3, 0.4) is 0 Å². The third-order valence-corrected chi connectivity index (χ3v) is 3.16. The predicted molar refractivity (Wildman–Crippen MR) is 80.5 cm³/mol. The van der Waals surface area contributed by atoms with Crippen molar-refractivity contribution < 1.29 is 9.47 Å². The minimum atomic E-state index is 0.241. The number of nitriles is 1. The Morgan fingerprint density at radius 3 is 2.71 bits per heavy atom. The summed E-state index contributed by atoms with van der Waals surface area (Å²) in [5.41, 5.74) is 1.94. The Labute approximate surface area is 128 Å². The average Bonchev–Trinajstić information content (AvgIpc) is 2.54. The zero-order chi connectivity index (χ0) is 15.1. The highest BCUT2D eigenvalue weighted by Crippen LogP contribution is 2.33. The topological polar surface area (TPSA) is 55.1 Å². The van der Waals surface area contributed by atoms with Gasteiger partial charge in [-0.2, -0.15) is 5.26 Å². The van der Waals surface area contributed by atoms with E-state index in [-0.39, 0.29) is 6.61 Å². The summed E-state index contributed by atoms with van der Waals surface area (Å²) in [5, 5.41) is 9.04. The van der Waals surface area contributed by atoms with Crippen molar-refractivity contribution in [1.82, 2.24) is 4.98 Å². The van der Waals surface area contributed by atoms with Crippen LogP contribution >= 0.6 is 11.6 Å². The first-order chi connectivity index (χ1) is 10.3. The van der Waals surface area contributed by atoms with Crippen LogP contribution in [0.5, 0.6) is 11.5 Å². The van der Waals surface area contributed by atoms with E-state index < -0.39 is 0 Å². The Hall–Kier alpha value is -2.25. The van der Waals surface area contributed by atoms with E-state index in [4.69, 9.17) is 26.3 Å². The summed E-state index contributed by atoms with van der Waals surface area (Å²) in [5.74, 6) is 1.59. The molecule has 0 aliphatic heterocycles. The number of ether oxygens (including phenoxy) is 2. The van der Waals surface area contributed by atoms with Crippen molar-refractivity contribution in [3.8, 4) is 17.6 Å². The van der Waals surface area contributed by atoms with Gasteiger partial charge in [0.15, 0.2) is 11.5 Å². The van der Waals surface area contributed by atoms with Crippen LogP contribution in [0.1, 0.15) is 23.7 Å². The molecule has 0 atom stereocenters. The lowest BCUT2D eigenvalue weighted by atomic mass is 10.2. The van der Waals surface area contributed by atoms with E-state index in [1.807, 2.05) is 31.2 Å². The van der Waals surface area contributed by atoms with Crippen molar-refractivity contribution in [2.75, 3.05) is 6.61 Å². The van der Waals surface area contributed by atoms with Gasteiger partial charge in [-0.15, -0.1) is 11.6 Å². The highest BCUT2D eigenvalue weighted by molar-refractivity contribution is 6.17. The van der Waals surface area contributed by atoms with Crippen LogP contribution in [0, 0.1) is 11.3 Å². The van der Waals surface area contributed by atoms with Gasteiger partial charge in [-0.05, 0) is 19.1 Å². The molecule has 0 saturated heterocycles. The number of nitrogens with zero attached hydrogens (tertiary/aromatic N) is 2. The largest absolute Gasteiger partial charge is 0.490 e. The highest BCUT2D eigenvalue weighted by atomic mass is 35.5. The first-order valence-corrected chi connectivity index (χ1v) is 7.11. The molecule has 4 nitrogen and oxygen atoms in total. The standard InChI is InChI=1S/C16H15ClN2O2/c1-2-20-15-7-3-5-12(9-17)16(15)21-11-13-6-4-8-19-14(13)10-18/h3-8H,2,9,11H2,1H3. The molecule has 1 heterocycles. The van der Waals surface area contributed by atoms with Gasteiger partial charge in [-0.3, -0.25) is 0 Å².